The maximum atomic E-state index is 12.4. The maximum absolute atomic E-state index is 12.4. The van der Waals surface area contributed by atoms with Gasteiger partial charge in [0.2, 0.25) is 7.37 Å². The molecule has 0 bridgehead atoms. The fraction of sp³-hybridized carbons (Fsp3) is 0.167. The molecule has 0 radical (unpaired) electrons. The molecule has 2 nitrogen and oxygen atoms in total. The molecule has 0 saturated heterocycles. The molecule has 1 rings (SSSR count). The predicted octanol–water partition coefficient (Wildman–Crippen LogP) is 2.98. The van der Waals surface area contributed by atoms with Crippen LogP contribution >= 0.6 is 7.37 Å². The van der Waals surface area contributed by atoms with Gasteiger partial charge in [-0.15, -0.1) is 13.2 Å². The van der Waals surface area contributed by atoms with Crippen LogP contribution in [-0.4, -0.2) is 12.8 Å². The third-order valence-corrected chi connectivity index (χ3v) is 4.31. The van der Waals surface area contributed by atoms with Crippen LogP contribution < -0.4 is 5.30 Å². The summed E-state index contributed by atoms with van der Waals surface area (Å²) in [7, 11) is -2.78. The highest BCUT2D eigenvalue weighted by Gasteiger charge is 2.23. The zero-order chi connectivity index (χ0) is 11.1. The molecule has 0 aliphatic rings. The van der Waals surface area contributed by atoms with Gasteiger partial charge in [0.15, 0.2) is 0 Å². The van der Waals surface area contributed by atoms with E-state index in [2.05, 4.69) is 13.2 Å². The Bertz CT molecular complexity index is 370. The van der Waals surface area contributed by atoms with Gasteiger partial charge in [-0.25, -0.2) is 0 Å². The summed E-state index contributed by atoms with van der Waals surface area (Å²) in [5.41, 5.74) is 0. The van der Waals surface area contributed by atoms with Gasteiger partial charge in [-0.3, -0.25) is 4.57 Å². The van der Waals surface area contributed by atoms with Crippen LogP contribution in [0.3, 0.4) is 0 Å². The summed E-state index contributed by atoms with van der Waals surface area (Å²) < 4.78 is 17.8. The monoisotopic (exact) mass is 222 g/mol. The van der Waals surface area contributed by atoms with Gasteiger partial charge < -0.3 is 4.52 Å². The predicted molar refractivity (Wildman–Crippen MR) is 64.9 cm³/mol. The third kappa shape index (κ3) is 3.19. The highest BCUT2D eigenvalue weighted by atomic mass is 31.2. The van der Waals surface area contributed by atoms with E-state index in [4.69, 9.17) is 4.52 Å². The summed E-state index contributed by atoms with van der Waals surface area (Å²) in [6, 6.07) is 9.21. The average Bonchev–Trinajstić information content (AvgIpc) is 2.28. The minimum absolute atomic E-state index is 0.292. The van der Waals surface area contributed by atoms with Crippen molar-refractivity contribution in [1.82, 2.24) is 0 Å². The fourth-order valence-corrected chi connectivity index (χ4v) is 3.01. The maximum Gasteiger partial charge on any atom is 0.236 e. The smallest absolute Gasteiger partial charge is 0.236 e. The number of hydrogen-bond acceptors (Lipinski definition) is 2. The van der Waals surface area contributed by atoms with Crippen LogP contribution in [0.2, 0.25) is 0 Å². The summed E-state index contributed by atoms with van der Waals surface area (Å²) in [6.45, 7) is 7.44. The van der Waals surface area contributed by atoms with Crippen molar-refractivity contribution in [3.05, 3.63) is 55.6 Å². The summed E-state index contributed by atoms with van der Waals surface area (Å²) >= 11 is 0. The quantitative estimate of drug-likeness (QED) is 0.546. The Morgan fingerprint density at radius 1 is 1.20 bits per heavy atom. The molecule has 0 amide bonds. The van der Waals surface area contributed by atoms with Gasteiger partial charge in [0.1, 0.15) is 0 Å². The van der Waals surface area contributed by atoms with Gasteiger partial charge in [0.05, 0.1) is 6.61 Å². The largest absolute Gasteiger partial charge is 0.321 e. The average molecular weight is 222 g/mol. The van der Waals surface area contributed by atoms with Crippen molar-refractivity contribution in [1.29, 1.82) is 0 Å². The van der Waals surface area contributed by atoms with Crippen molar-refractivity contribution in [2.24, 2.45) is 0 Å². The summed E-state index contributed by atoms with van der Waals surface area (Å²) in [6.07, 6.45) is 3.57. The second-order valence-electron chi connectivity index (χ2n) is 3.06. The minimum Gasteiger partial charge on any atom is -0.321 e. The SMILES string of the molecule is C=CCOP(=O)(CC=C)c1ccccc1. The van der Waals surface area contributed by atoms with Crippen molar-refractivity contribution in [3.63, 3.8) is 0 Å². The van der Waals surface area contributed by atoms with Gasteiger partial charge in [-0.1, -0.05) is 30.4 Å². The lowest BCUT2D eigenvalue weighted by atomic mass is 10.4. The van der Waals surface area contributed by atoms with Gasteiger partial charge in [-0.2, -0.15) is 0 Å². The molecule has 0 spiro atoms. The number of rotatable bonds is 6. The minimum atomic E-state index is -2.78. The molecule has 15 heavy (non-hydrogen) atoms. The molecule has 1 unspecified atom stereocenters. The first-order chi connectivity index (χ1) is 7.23. The summed E-state index contributed by atoms with van der Waals surface area (Å²) in [5.74, 6) is 0. The van der Waals surface area contributed by atoms with Crippen molar-refractivity contribution < 1.29 is 9.09 Å². The van der Waals surface area contributed by atoms with Crippen LogP contribution in [0.4, 0.5) is 0 Å². The molecule has 1 atom stereocenters. The van der Waals surface area contributed by atoms with E-state index < -0.39 is 7.37 Å². The van der Waals surface area contributed by atoms with Crippen LogP contribution in [0.15, 0.2) is 55.6 Å². The second-order valence-corrected chi connectivity index (χ2v) is 5.55. The molecule has 0 aromatic heterocycles. The van der Waals surface area contributed by atoms with Gasteiger partial charge in [0.25, 0.3) is 0 Å². The van der Waals surface area contributed by atoms with Gasteiger partial charge >= 0.3 is 0 Å². The normalized spacial score (nSPS) is 14.1. The number of benzene rings is 1. The van der Waals surface area contributed by atoms with E-state index in [1.807, 2.05) is 30.3 Å². The molecule has 1 aromatic rings. The van der Waals surface area contributed by atoms with Crippen LogP contribution in [0.1, 0.15) is 0 Å². The Morgan fingerprint density at radius 2 is 1.87 bits per heavy atom. The third-order valence-electron chi connectivity index (χ3n) is 1.92. The highest BCUT2D eigenvalue weighted by Crippen LogP contribution is 2.45. The standard InChI is InChI=1S/C12H15O2P/c1-3-10-14-15(13,11-4-2)12-8-6-5-7-9-12/h3-9H,1-2,10-11H2. The fourth-order valence-electron chi connectivity index (χ4n) is 1.23. The second kappa shape index (κ2) is 5.69. The Morgan fingerprint density at radius 3 is 2.40 bits per heavy atom. The van der Waals surface area contributed by atoms with Crippen molar-refractivity contribution >= 4 is 12.7 Å². The summed E-state index contributed by atoms with van der Waals surface area (Å²) in [4.78, 5) is 0. The van der Waals surface area contributed by atoms with E-state index in [-0.39, 0.29) is 0 Å². The van der Waals surface area contributed by atoms with Crippen LogP contribution in [0, 0.1) is 0 Å². The van der Waals surface area contributed by atoms with Crippen LogP contribution in [-0.2, 0) is 9.09 Å². The first-order valence-corrected chi connectivity index (χ1v) is 6.55. The Balaban J connectivity index is 2.95. The Labute approximate surface area is 90.7 Å². The number of allylic oxidation sites excluding steroid dienone is 1. The molecule has 0 heterocycles. The van der Waals surface area contributed by atoms with Crippen LogP contribution in [0.5, 0.6) is 0 Å². The van der Waals surface area contributed by atoms with Crippen molar-refractivity contribution in [2.45, 2.75) is 0 Å². The van der Waals surface area contributed by atoms with E-state index in [1.54, 1.807) is 12.2 Å². The molecular weight excluding hydrogens is 207 g/mol. The highest BCUT2D eigenvalue weighted by molar-refractivity contribution is 7.67. The van der Waals surface area contributed by atoms with Crippen molar-refractivity contribution in [3.8, 4) is 0 Å². The summed E-state index contributed by atoms with van der Waals surface area (Å²) in [5, 5.41) is 0.728. The lowest BCUT2D eigenvalue weighted by Crippen LogP contribution is -2.09. The lowest BCUT2D eigenvalue weighted by Gasteiger charge is -2.16. The molecule has 1 aromatic carbocycles. The lowest BCUT2D eigenvalue weighted by molar-refractivity contribution is 0.363. The zero-order valence-electron chi connectivity index (χ0n) is 8.63. The zero-order valence-corrected chi connectivity index (χ0v) is 9.53. The molecule has 0 aliphatic heterocycles. The topological polar surface area (TPSA) is 26.3 Å². The van der Waals surface area contributed by atoms with E-state index >= 15 is 0 Å². The van der Waals surface area contributed by atoms with Crippen molar-refractivity contribution in [2.75, 3.05) is 12.8 Å². The molecule has 0 aliphatic carbocycles. The van der Waals surface area contributed by atoms with E-state index in [1.165, 1.54) is 0 Å². The van der Waals surface area contributed by atoms with E-state index in [0.29, 0.717) is 12.8 Å². The Kier molecular flexibility index (Phi) is 4.54. The Hall–Kier alpha value is -1.11. The molecule has 80 valence electrons. The van der Waals surface area contributed by atoms with Gasteiger partial charge in [0, 0.05) is 11.5 Å². The number of hydrogen-bond donors (Lipinski definition) is 0. The molecule has 3 heteroatoms. The molecule has 0 fully saturated rings. The van der Waals surface area contributed by atoms with Crippen LogP contribution in [0.25, 0.3) is 0 Å². The molecule has 0 saturated carbocycles. The molecule has 0 N–H and O–H groups in total. The van der Waals surface area contributed by atoms with Gasteiger partial charge in [-0.05, 0) is 12.1 Å². The first kappa shape index (κ1) is 12.0. The van der Waals surface area contributed by atoms with E-state index in [9.17, 15) is 4.57 Å². The molecular formula is C12H15O2P. The van der Waals surface area contributed by atoms with E-state index in [0.717, 1.165) is 5.30 Å². The first-order valence-electron chi connectivity index (χ1n) is 4.74.